The lowest BCUT2D eigenvalue weighted by molar-refractivity contribution is -0.402. The van der Waals surface area contributed by atoms with Gasteiger partial charge in [-0.15, -0.1) is 0 Å². The fraction of sp³-hybridized carbons (Fsp3) is 0.0833. The molecule has 0 fully saturated rings. The van der Waals surface area contributed by atoms with Gasteiger partial charge in [0.1, 0.15) is 4.92 Å². The van der Waals surface area contributed by atoms with Crippen LogP contribution in [0, 0.1) is 17.0 Å². The molecular formula is C12H10N2O3. The predicted molar refractivity (Wildman–Crippen MR) is 63.8 cm³/mol. The minimum atomic E-state index is -0.579. The number of nitro groups is 1. The summed E-state index contributed by atoms with van der Waals surface area (Å²) in [6, 6.07) is 10.4. The van der Waals surface area contributed by atoms with Gasteiger partial charge in [-0.2, -0.15) is 0 Å². The molecular weight excluding hydrogens is 220 g/mol. The van der Waals surface area contributed by atoms with Gasteiger partial charge >= 0.3 is 5.88 Å². The van der Waals surface area contributed by atoms with E-state index in [9.17, 15) is 10.1 Å². The van der Waals surface area contributed by atoms with Crippen LogP contribution in [0.15, 0.2) is 45.8 Å². The largest absolute Gasteiger partial charge is 0.433 e. The molecule has 1 aromatic heterocycles. The van der Waals surface area contributed by atoms with Crippen LogP contribution in [0.2, 0.25) is 0 Å². The van der Waals surface area contributed by atoms with Crippen molar-refractivity contribution in [2.24, 2.45) is 4.99 Å². The van der Waals surface area contributed by atoms with Crippen molar-refractivity contribution in [1.82, 2.24) is 0 Å². The zero-order valence-electron chi connectivity index (χ0n) is 9.16. The Morgan fingerprint density at radius 1 is 1.35 bits per heavy atom. The van der Waals surface area contributed by atoms with Crippen LogP contribution in [0.25, 0.3) is 0 Å². The minimum Gasteiger partial charge on any atom is -0.400 e. The van der Waals surface area contributed by atoms with Gasteiger partial charge in [-0.3, -0.25) is 15.1 Å². The summed E-state index contributed by atoms with van der Waals surface area (Å²) >= 11 is 0. The highest BCUT2D eigenvalue weighted by atomic mass is 16.6. The second kappa shape index (κ2) is 4.61. The van der Waals surface area contributed by atoms with Gasteiger partial charge in [0.2, 0.25) is 0 Å². The zero-order chi connectivity index (χ0) is 12.3. The summed E-state index contributed by atoms with van der Waals surface area (Å²) in [6.07, 6.45) is 1.46. The molecule has 0 aliphatic carbocycles. The monoisotopic (exact) mass is 230 g/mol. The quantitative estimate of drug-likeness (QED) is 0.461. The molecule has 0 bridgehead atoms. The summed E-state index contributed by atoms with van der Waals surface area (Å²) < 4.78 is 4.95. The standard InChI is InChI=1S/C12H10N2O3/c1-9-3-2-4-10(7-9)13-8-11-5-6-12(17-11)14(15)16/h2-8H,1H3. The molecule has 0 spiro atoms. The fourth-order valence-electron chi connectivity index (χ4n) is 1.36. The van der Waals surface area contributed by atoms with Crippen LogP contribution in [-0.4, -0.2) is 11.1 Å². The first-order valence-electron chi connectivity index (χ1n) is 5.00. The third-order valence-electron chi connectivity index (χ3n) is 2.14. The molecule has 0 saturated carbocycles. The lowest BCUT2D eigenvalue weighted by Crippen LogP contribution is -1.83. The summed E-state index contributed by atoms with van der Waals surface area (Å²) in [4.78, 5) is 14.0. The third kappa shape index (κ3) is 2.78. The fourth-order valence-corrected chi connectivity index (χ4v) is 1.36. The maximum Gasteiger partial charge on any atom is 0.433 e. The molecule has 1 aromatic carbocycles. The van der Waals surface area contributed by atoms with Gasteiger partial charge < -0.3 is 4.42 Å². The molecule has 1 heterocycles. The molecule has 0 aliphatic rings. The molecule has 0 saturated heterocycles. The Kier molecular flexibility index (Phi) is 3.00. The van der Waals surface area contributed by atoms with E-state index in [1.807, 2.05) is 31.2 Å². The van der Waals surface area contributed by atoms with Crippen molar-refractivity contribution in [3.63, 3.8) is 0 Å². The Labute approximate surface area is 97.6 Å². The van der Waals surface area contributed by atoms with E-state index in [0.717, 1.165) is 11.3 Å². The van der Waals surface area contributed by atoms with Crippen LogP contribution in [0.1, 0.15) is 11.3 Å². The molecule has 5 heteroatoms. The Balaban J connectivity index is 2.17. The van der Waals surface area contributed by atoms with Gasteiger partial charge in [-0.1, -0.05) is 12.1 Å². The first kappa shape index (κ1) is 11.1. The molecule has 5 nitrogen and oxygen atoms in total. The summed E-state index contributed by atoms with van der Waals surface area (Å²) in [5.74, 6) is 0.0777. The molecule has 0 amide bonds. The first-order valence-corrected chi connectivity index (χ1v) is 5.00. The Morgan fingerprint density at radius 2 is 2.18 bits per heavy atom. The van der Waals surface area contributed by atoms with E-state index in [4.69, 9.17) is 4.42 Å². The smallest absolute Gasteiger partial charge is 0.400 e. The van der Waals surface area contributed by atoms with Crippen molar-refractivity contribution >= 4 is 17.8 Å². The van der Waals surface area contributed by atoms with Gasteiger partial charge in [0.15, 0.2) is 5.76 Å². The highest BCUT2D eigenvalue weighted by molar-refractivity contribution is 5.79. The first-order chi connectivity index (χ1) is 8.15. The molecule has 0 aliphatic heterocycles. The van der Waals surface area contributed by atoms with Crippen LogP contribution in [-0.2, 0) is 0 Å². The number of aryl methyl sites for hydroxylation is 1. The van der Waals surface area contributed by atoms with E-state index in [1.54, 1.807) is 0 Å². The van der Waals surface area contributed by atoms with E-state index in [-0.39, 0.29) is 5.88 Å². The molecule has 0 N–H and O–H groups in total. The topological polar surface area (TPSA) is 68.6 Å². The number of rotatable bonds is 3. The maximum absolute atomic E-state index is 10.4. The SMILES string of the molecule is Cc1cccc(N=Cc2ccc([N+](=O)[O-])o2)c1. The normalized spacial score (nSPS) is 10.9. The molecule has 86 valence electrons. The summed E-state index contributed by atoms with van der Waals surface area (Å²) in [5.41, 5.74) is 1.88. The molecule has 2 rings (SSSR count). The van der Waals surface area contributed by atoms with Crippen molar-refractivity contribution in [3.05, 3.63) is 57.8 Å². The Hall–Kier alpha value is -2.43. The average Bonchev–Trinajstić information content (AvgIpc) is 2.75. The van der Waals surface area contributed by atoms with Crippen molar-refractivity contribution in [2.45, 2.75) is 6.92 Å². The van der Waals surface area contributed by atoms with Crippen LogP contribution >= 0.6 is 0 Å². The summed E-state index contributed by atoms with van der Waals surface area (Å²) in [6.45, 7) is 1.97. The lowest BCUT2D eigenvalue weighted by atomic mass is 10.2. The minimum absolute atomic E-state index is 0.282. The highest BCUT2D eigenvalue weighted by Gasteiger charge is 2.09. The Morgan fingerprint density at radius 3 is 2.82 bits per heavy atom. The highest BCUT2D eigenvalue weighted by Crippen LogP contribution is 2.16. The summed E-state index contributed by atoms with van der Waals surface area (Å²) in [5, 5.41) is 10.4. The van der Waals surface area contributed by atoms with Gasteiger partial charge in [-0.25, -0.2) is 0 Å². The molecule has 0 unspecified atom stereocenters. The number of hydrogen-bond donors (Lipinski definition) is 0. The van der Waals surface area contributed by atoms with Crippen molar-refractivity contribution in [3.8, 4) is 0 Å². The van der Waals surface area contributed by atoms with E-state index in [1.165, 1.54) is 18.3 Å². The average molecular weight is 230 g/mol. The van der Waals surface area contributed by atoms with Crippen LogP contribution in [0.4, 0.5) is 11.6 Å². The summed E-state index contributed by atoms with van der Waals surface area (Å²) in [7, 11) is 0. The van der Waals surface area contributed by atoms with Crippen molar-refractivity contribution in [2.75, 3.05) is 0 Å². The van der Waals surface area contributed by atoms with Gasteiger partial charge in [0.05, 0.1) is 18.0 Å². The molecule has 2 aromatic rings. The van der Waals surface area contributed by atoms with Gasteiger partial charge in [-0.05, 0) is 30.7 Å². The second-order valence-electron chi connectivity index (χ2n) is 3.53. The predicted octanol–water partition coefficient (Wildman–Crippen LogP) is 3.25. The van der Waals surface area contributed by atoms with Crippen LogP contribution in [0.5, 0.6) is 0 Å². The van der Waals surface area contributed by atoms with E-state index in [0.29, 0.717) is 5.76 Å². The number of nitrogens with zero attached hydrogens (tertiary/aromatic N) is 2. The van der Waals surface area contributed by atoms with Crippen molar-refractivity contribution < 1.29 is 9.34 Å². The second-order valence-corrected chi connectivity index (χ2v) is 3.53. The van der Waals surface area contributed by atoms with E-state index >= 15 is 0 Å². The zero-order valence-corrected chi connectivity index (χ0v) is 9.16. The third-order valence-corrected chi connectivity index (χ3v) is 2.14. The lowest BCUT2D eigenvalue weighted by Gasteiger charge is -1.93. The van der Waals surface area contributed by atoms with Gasteiger partial charge in [0, 0.05) is 0 Å². The number of aliphatic imine (C=N–C) groups is 1. The van der Waals surface area contributed by atoms with Gasteiger partial charge in [0.25, 0.3) is 0 Å². The molecule has 0 radical (unpaired) electrons. The van der Waals surface area contributed by atoms with Crippen molar-refractivity contribution in [1.29, 1.82) is 0 Å². The van der Waals surface area contributed by atoms with E-state index in [2.05, 4.69) is 4.99 Å². The number of furan rings is 1. The number of hydrogen-bond acceptors (Lipinski definition) is 4. The van der Waals surface area contributed by atoms with Crippen LogP contribution < -0.4 is 0 Å². The van der Waals surface area contributed by atoms with E-state index < -0.39 is 4.92 Å². The Bertz CT molecular complexity index is 573. The maximum atomic E-state index is 10.4. The molecule has 17 heavy (non-hydrogen) atoms. The molecule has 0 atom stereocenters. The number of benzene rings is 1. The van der Waals surface area contributed by atoms with Crippen LogP contribution in [0.3, 0.4) is 0 Å².